The molecule has 0 bridgehead atoms. The Balaban J connectivity index is 2.19. The van der Waals surface area contributed by atoms with Gasteiger partial charge in [0.2, 0.25) is 0 Å². The van der Waals surface area contributed by atoms with E-state index in [1.54, 1.807) is 0 Å². The van der Waals surface area contributed by atoms with Crippen LogP contribution in [0, 0.1) is 10.1 Å². The molecule has 0 saturated heterocycles. The smallest absolute Gasteiger partial charge is 0.270 e. The average Bonchev–Trinajstić information content (AvgIpc) is 2.85. The van der Waals surface area contributed by atoms with Crippen molar-refractivity contribution < 1.29 is 18.5 Å². The molecule has 96 valence electrons. The Labute approximate surface area is 105 Å². The van der Waals surface area contributed by atoms with E-state index in [1.807, 2.05) is 0 Å². The highest BCUT2D eigenvalue weighted by atomic mass is 35.5. The minimum Gasteiger partial charge on any atom is -0.343 e. The van der Waals surface area contributed by atoms with E-state index in [4.69, 9.17) is 11.6 Å². The summed E-state index contributed by atoms with van der Waals surface area (Å²) >= 11 is 5.70. The van der Waals surface area contributed by atoms with Crippen LogP contribution in [0.25, 0.3) is 0 Å². The fourth-order valence-corrected chi connectivity index (χ4v) is 1.61. The second kappa shape index (κ2) is 4.16. The molecule has 0 heterocycles. The van der Waals surface area contributed by atoms with Gasteiger partial charge in [-0.2, -0.15) is 0 Å². The first-order chi connectivity index (χ1) is 8.31. The third-order valence-corrected chi connectivity index (χ3v) is 2.87. The summed E-state index contributed by atoms with van der Waals surface area (Å²) in [5.74, 6) is -3.74. The molecule has 1 aromatic rings. The van der Waals surface area contributed by atoms with Crippen LogP contribution in [-0.2, 0) is 0 Å². The van der Waals surface area contributed by atoms with E-state index in [-0.39, 0.29) is 16.3 Å². The van der Waals surface area contributed by atoms with Crippen molar-refractivity contribution in [3.63, 3.8) is 0 Å². The van der Waals surface area contributed by atoms with Gasteiger partial charge in [0, 0.05) is 18.6 Å². The maximum absolute atomic E-state index is 12.6. The molecule has 1 fully saturated rings. The maximum atomic E-state index is 12.6. The molecule has 1 aliphatic rings. The number of rotatable bonds is 3. The van der Waals surface area contributed by atoms with Gasteiger partial charge in [0.25, 0.3) is 17.5 Å². The summed E-state index contributed by atoms with van der Waals surface area (Å²) in [6, 6.07) is 2.04. The van der Waals surface area contributed by atoms with Crippen molar-refractivity contribution in [2.24, 2.45) is 0 Å². The number of carbonyl (C=O) groups is 1. The van der Waals surface area contributed by atoms with Crippen molar-refractivity contribution in [3.05, 3.63) is 38.9 Å². The minimum atomic E-state index is -2.90. The highest BCUT2D eigenvalue weighted by Crippen LogP contribution is 2.41. The maximum Gasteiger partial charge on any atom is 0.270 e. The Morgan fingerprint density at radius 1 is 1.56 bits per heavy atom. The Bertz CT molecular complexity index is 536. The second-order valence-electron chi connectivity index (χ2n) is 3.91. The fraction of sp³-hybridized carbons (Fsp3) is 0.300. The van der Waals surface area contributed by atoms with Crippen molar-refractivity contribution >= 4 is 23.2 Å². The lowest BCUT2D eigenvalue weighted by Gasteiger charge is -2.05. The van der Waals surface area contributed by atoms with Gasteiger partial charge < -0.3 is 5.32 Å². The summed E-state index contributed by atoms with van der Waals surface area (Å²) in [7, 11) is 0. The predicted octanol–water partition coefficient (Wildman–Crippen LogP) is 2.39. The SMILES string of the molecule is O=C(NC1CC1(F)F)c1cc([N+](=O)[O-])ccc1Cl. The standard InChI is InChI=1S/C10H7ClF2N2O3/c11-7-2-1-5(15(17)18)3-6(7)9(16)14-8-4-10(8,12)13/h1-3,8H,4H2,(H,14,16). The molecular formula is C10H7ClF2N2O3. The molecule has 1 aliphatic carbocycles. The van der Waals surface area contributed by atoms with E-state index in [9.17, 15) is 23.7 Å². The molecule has 0 spiro atoms. The van der Waals surface area contributed by atoms with Crippen LogP contribution in [-0.4, -0.2) is 22.8 Å². The van der Waals surface area contributed by atoms with Crippen molar-refractivity contribution in [1.29, 1.82) is 0 Å². The first-order valence-electron chi connectivity index (χ1n) is 4.94. The van der Waals surface area contributed by atoms with Gasteiger partial charge in [-0.05, 0) is 6.07 Å². The third kappa shape index (κ3) is 2.40. The van der Waals surface area contributed by atoms with E-state index in [0.29, 0.717) is 0 Å². The number of nitrogens with one attached hydrogen (secondary N) is 1. The zero-order valence-corrected chi connectivity index (χ0v) is 9.58. The van der Waals surface area contributed by atoms with Crippen molar-refractivity contribution in [3.8, 4) is 0 Å². The predicted molar refractivity (Wildman–Crippen MR) is 58.9 cm³/mol. The van der Waals surface area contributed by atoms with Crippen LogP contribution in [0.1, 0.15) is 16.8 Å². The molecule has 1 N–H and O–H groups in total. The highest BCUT2D eigenvalue weighted by Gasteiger charge is 2.57. The van der Waals surface area contributed by atoms with Gasteiger partial charge in [-0.3, -0.25) is 14.9 Å². The molecule has 2 rings (SSSR count). The van der Waals surface area contributed by atoms with E-state index < -0.39 is 29.2 Å². The summed E-state index contributed by atoms with van der Waals surface area (Å²) in [6.07, 6.45) is -0.425. The molecule has 0 aromatic heterocycles. The topological polar surface area (TPSA) is 72.2 Å². The van der Waals surface area contributed by atoms with Gasteiger partial charge in [0.15, 0.2) is 0 Å². The fourth-order valence-electron chi connectivity index (χ4n) is 1.41. The zero-order chi connectivity index (χ0) is 13.5. The van der Waals surface area contributed by atoms with Gasteiger partial charge >= 0.3 is 0 Å². The molecule has 8 heteroatoms. The number of alkyl halides is 2. The van der Waals surface area contributed by atoms with Crippen molar-refractivity contribution in [2.45, 2.75) is 18.4 Å². The Morgan fingerprint density at radius 2 is 2.17 bits per heavy atom. The molecule has 1 saturated carbocycles. The van der Waals surface area contributed by atoms with Crippen LogP contribution in [0.4, 0.5) is 14.5 Å². The molecule has 0 radical (unpaired) electrons. The lowest BCUT2D eigenvalue weighted by atomic mass is 10.2. The number of benzene rings is 1. The zero-order valence-electron chi connectivity index (χ0n) is 8.82. The van der Waals surface area contributed by atoms with E-state index in [0.717, 1.165) is 12.1 Å². The number of hydrogen-bond acceptors (Lipinski definition) is 3. The van der Waals surface area contributed by atoms with E-state index >= 15 is 0 Å². The number of nitro groups is 1. The van der Waals surface area contributed by atoms with Gasteiger partial charge in [-0.1, -0.05) is 11.6 Å². The first-order valence-corrected chi connectivity index (χ1v) is 5.31. The summed E-state index contributed by atoms with van der Waals surface area (Å²) in [5.41, 5.74) is -0.513. The molecule has 1 atom stereocenters. The summed E-state index contributed by atoms with van der Waals surface area (Å²) in [4.78, 5) is 21.5. The van der Waals surface area contributed by atoms with Gasteiger partial charge in [0.1, 0.15) is 0 Å². The third-order valence-electron chi connectivity index (χ3n) is 2.54. The average molecular weight is 277 g/mol. The van der Waals surface area contributed by atoms with Crippen LogP contribution in [0.2, 0.25) is 5.02 Å². The molecule has 0 aliphatic heterocycles. The molecule has 1 unspecified atom stereocenters. The molecule has 18 heavy (non-hydrogen) atoms. The summed E-state index contributed by atoms with van der Waals surface area (Å²) < 4.78 is 25.2. The van der Waals surface area contributed by atoms with Crippen LogP contribution < -0.4 is 5.32 Å². The highest BCUT2D eigenvalue weighted by molar-refractivity contribution is 6.34. The lowest BCUT2D eigenvalue weighted by Crippen LogP contribution is -2.29. The summed E-state index contributed by atoms with van der Waals surface area (Å²) in [5, 5.41) is 12.6. The monoisotopic (exact) mass is 276 g/mol. The number of nitro benzene ring substituents is 1. The normalized spacial score (nSPS) is 20.3. The number of nitrogens with zero attached hydrogens (tertiary/aromatic N) is 1. The number of carbonyl (C=O) groups excluding carboxylic acids is 1. The Morgan fingerprint density at radius 3 is 2.67 bits per heavy atom. The number of non-ortho nitro benzene ring substituents is 1. The first kappa shape index (κ1) is 12.7. The molecule has 5 nitrogen and oxygen atoms in total. The number of halogens is 3. The number of hydrogen-bond donors (Lipinski definition) is 1. The van der Waals surface area contributed by atoms with Crippen molar-refractivity contribution in [1.82, 2.24) is 5.32 Å². The number of amides is 1. The van der Waals surface area contributed by atoms with Crippen LogP contribution in [0.3, 0.4) is 0 Å². The molecule has 1 amide bonds. The Kier molecular flexibility index (Phi) is 2.94. The van der Waals surface area contributed by atoms with E-state index in [2.05, 4.69) is 5.32 Å². The summed E-state index contributed by atoms with van der Waals surface area (Å²) in [6.45, 7) is 0. The van der Waals surface area contributed by atoms with Gasteiger partial charge in [-0.25, -0.2) is 8.78 Å². The largest absolute Gasteiger partial charge is 0.343 e. The Hall–Kier alpha value is -1.76. The van der Waals surface area contributed by atoms with Crippen LogP contribution in [0.15, 0.2) is 18.2 Å². The van der Waals surface area contributed by atoms with E-state index in [1.165, 1.54) is 6.07 Å². The molecular weight excluding hydrogens is 270 g/mol. The van der Waals surface area contributed by atoms with Crippen LogP contribution >= 0.6 is 11.6 Å². The van der Waals surface area contributed by atoms with Gasteiger partial charge in [0.05, 0.1) is 21.6 Å². The van der Waals surface area contributed by atoms with Crippen molar-refractivity contribution in [2.75, 3.05) is 0 Å². The quantitative estimate of drug-likeness (QED) is 0.680. The second-order valence-corrected chi connectivity index (χ2v) is 4.32. The lowest BCUT2D eigenvalue weighted by molar-refractivity contribution is -0.384. The minimum absolute atomic E-state index is 0.0259. The molecule has 1 aromatic carbocycles. The van der Waals surface area contributed by atoms with Gasteiger partial charge in [-0.15, -0.1) is 0 Å². The van der Waals surface area contributed by atoms with Crippen LogP contribution in [0.5, 0.6) is 0 Å².